The van der Waals surface area contributed by atoms with Gasteiger partial charge in [-0.2, -0.15) is 0 Å². The maximum atomic E-state index is 13.1. The molecule has 2 rings (SSSR count). The third-order valence-corrected chi connectivity index (χ3v) is 3.37. The van der Waals surface area contributed by atoms with Gasteiger partial charge in [0.1, 0.15) is 5.82 Å². The first-order valence-corrected chi connectivity index (χ1v) is 6.57. The number of hydrogen-bond acceptors (Lipinski definition) is 2. The van der Waals surface area contributed by atoms with Gasteiger partial charge >= 0.3 is 0 Å². The number of aromatic nitrogens is 1. The van der Waals surface area contributed by atoms with Crippen molar-refractivity contribution in [2.45, 2.75) is 18.9 Å². The van der Waals surface area contributed by atoms with Gasteiger partial charge in [-0.15, -0.1) is 0 Å². The smallest absolute Gasteiger partial charge is 0.141 e. The quantitative estimate of drug-likeness (QED) is 0.908. The van der Waals surface area contributed by atoms with E-state index in [-0.39, 0.29) is 16.9 Å². The van der Waals surface area contributed by atoms with Crippen LogP contribution in [0.25, 0.3) is 0 Å². The van der Waals surface area contributed by atoms with Crippen molar-refractivity contribution >= 4 is 11.6 Å². The van der Waals surface area contributed by atoms with Crippen molar-refractivity contribution in [1.29, 1.82) is 0 Å². The molecule has 4 heteroatoms. The molecule has 0 saturated heterocycles. The fourth-order valence-electron chi connectivity index (χ4n) is 2.03. The van der Waals surface area contributed by atoms with Crippen LogP contribution in [0.2, 0.25) is 5.02 Å². The number of benzene rings is 1. The summed E-state index contributed by atoms with van der Waals surface area (Å²) in [5, 5.41) is 3.44. The highest BCUT2D eigenvalue weighted by Gasteiger charge is 2.10. The van der Waals surface area contributed by atoms with Crippen LogP contribution in [0.1, 0.15) is 11.1 Å². The Labute approximate surface area is 117 Å². The second-order valence-corrected chi connectivity index (χ2v) is 4.91. The van der Waals surface area contributed by atoms with Gasteiger partial charge in [0, 0.05) is 18.4 Å². The molecule has 1 unspecified atom stereocenters. The highest BCUT2D eigenvalue weighted by Crippen LogP contribution is 2.17. The standard InChI is InChI=1S/C15H16ClFN2/c1-18-13(8-12-3-2-6-19-10-12)7-11-4-5-15(17)14(16)9-11/h2-6,9-10,13,18H,7-8H2,1H3. The van der Waals surface area contributed by atoms with Crippen LogP contribution in [0.4, 0.5) is 4.39 Å². The molecule has 19 heavy (non-hydrogen) atoms. The van der Waals surface area contributed by atoms with Gasteiger partial charge in [0.25, 0.3) is 0 Å². The fraction of sp³-hybridized carbons (Fsp3) is 0.267. The van der Waals surface area contributed by atoms with Crippen molar-refractivity contribution < 1.29 is 4.39 Å². The van der Waals surface area contributed by atoms with Crippen molar-refractivity contribution in [2.24, 2.45) is 0 Å². The van der Waals surface area contributed by atoms with E-state index in [2.05, 4.69) is 16.4 Å². The predicted octanol–water partition coefficient (Wildman–Crippen LogP) is 3.25. The molecular formula is C15H16ClFN2. The Morgan fingerprint density at radius 2 is 2.05 bits per heavy atom. The summed E-state index contributed by atoms with van der Waals surface area (Å²) in [7, 11) is 1.92. The highest BCUT2D eigenvalue weighted by molar-refractivity contribution is 6.30. The number of nitrogens with zero attached hydrogens (tertiary/aromatic N) is 1. The molecular weight excluding hydrogens is 263 g/mol. The number of pyridine rings is 1. The first-order valence-electron chi connectivity index (χ1n) is 6.19. The van der Waals surface area contributed by atoms with Gasteiger partial charge in [-0.3, -0.25) is 4.98 Å². The second kappa shape index (κ2) is 6.64. The van der Waals surface area contributed by atoms with E-state index in [1.165, 1.54) is 11.6 Å². The number of nitrogens with one attached hydrogen (secondary N) is 1. The molecule has 0 fully saturated rings. The molecule has 0 radical (unpaired) electrons. The minimum absolute atomic E-state index is 0.175. The largest absolute Gasteiger partial charge is 0.316 e. The highest BCUT2D eigenvalue weighted by atomic mass is 35.5. The topological polar surface area (TPSA) is 24.9 Å². The van der Waals surface area contributed by atoms with Crippen LogP contribution < -0.4 is 5.32 Å². The van der Waals surface area contributed by atoms with E-state index >= 15 is 0 Å². The summed E-state index contributed by atoms with van der Waals surface area (Å²) in [5.74, 6) is -0.376. The van der Waals surface area contributed by atoms with Crippen LogP contribution in [0.15, 0.2) is 42.7 Å². The molecule has 100 valence electrons. The maximum absolute atomic E-state index is 13.1. The van der Waals surface area contributed by atoms with Crippen LogP contribution in [-0.4, -0.2) is 18.1 Å². The normalized spacial score (nSPS) is 12.4. The van der Waals surface area contributed by atoms with E-state index in [9.17, 15) is 4.39 Å². The number of rotatable bonds is 5. The zero-order valence-electron chi connectivity index (χ0n) is 10.7. The van der Waals surface area contributed by atoms with Crippen LogP contribution >= 0.6 is 11.6 Å². The Morgan fingerprint density at radius 3 is 2.68 bits per heavy atom. The van der Waals surface area contributed by atoms with Gasteiger partial charge in [0.15, 0.2) is 0 Å². The van der Waals surface area contributed by atoms with E-state index in [1.54, 1.807) is 18.3 Å². The Morgan fingerprint density at radius 1 is 1.26 bits per heavy atom. The number of halogens is 2. The van der Waals surface area contributed by atoms with E-state index < -0.39 is 0 Å². The zero-order chi connectivity index (χ0) is 13.7. The zero-order valence-corrected chi connectivity index (χ0v) is 11.5. The van der Waals surface area contributed by atoms with Crippen molar-refractivity contribution in [3.63, 3.8) is 0 Å². The first-order chi connectivity index (χ1) is 9.19. The molecule has 0 aliphatic carbocycles. The Kier molecular flexibility index (Phi) is 4.88. The minimum atomic E-state index is -0.376. The summed E-state index contributed by atoms with van der Waals surface area (Å²) in [6.07, 6.45) is 5.30. The predicted molar refractivity (Wildman–Crippen MR) is 75.9 cm³/mol. The van der Waals surface area contributed by atoms with Crippen LogP contribution in [0.5, 0.6) is 0 Å². The first kappa shape index (κ1) is 14.0. The lowest BCUT2D eigenvalue weighted by molar-refractivity contribution is 0.554. The molecule has 0 aliphatic heterocycles. The van der Waals surface area contributed by atoms with E-state index in [0.717, 1.165) is 18.4 Å². The fourth-order valence-corrected chi connectivity index (χ4v) is 2.23. The second-order valence-electron chi connectivity index (χ2n) is 4.50. The average molecular weight is 279 g/mol. The Hall–Kier alpha value is -1.45. The van der Waals surface area contributed by atoms with E-state index in [4.69, 9.17) is 11.6 Å². The lowest BCUT2D eigenvalue weighted by Crippen LogP contribution is -2.29. The van der Waals surface area contributed by atoms with Gasteiger partial charge in [-0.05, 0) is 49.2 Å². The molecule has 0 aliphatic rings. The third-order valence-electron chi connectivity index (χ3n) is 3.08. The summed E-state index contributed by atoms with van der Waals surface area (Å²) < 4.78 is 13.1. The van der Waals surface area contributed by atoms with E-state index in [1.807, 2.05) is 19.3 Å². The van der Waals surface area contributed by atoms with Crippen molar-refractivity contribution in [1.82, 2.24) is 10.3 Å². The van der Waals surface area contributed by atoms with Crippen LogP contribution in [0.3, 0.4) is 0 Å². The van der Waals surface area contributed by atoms with Gasteiger partial charge in [0.05, 0.1) is 5.02 Å². The maximum Gasteiger partial charge on any atom is 0.141 e. The van der Waals surface area contributed by atoms with Crippen molar-refractivity contribution in [3.05, 3.63) is 64.7 Å². The van der Waals surface area contributed by atoms with Gasteiger partial charge in [0.2, 0.25) is 0 Å². The molecule has 0 saturated carbocycles. The molecule has 1 atom stereocenters. The molecule has 1 N–H and O–H groups in total. The molecule has 1 heterocycles. The van der Waals surface area contributed by atoms with Gasteiger partial charge in [-0.1, -0.05) is 23.7 Å². The van der Waals surface area contributed by atoms with E-state index in [0.29, 0.717) is 0 Å². The lowest BCUT2D eigenvalue weighted by atomic mass is 10.00. The summed E-state index contributed by atoms with van der Waals surface area (Å²) >= 11 is 5.80. The Balaban J connectivity index is 2.04. The summed E-state index contributed by atoms with van der Waals surface area (Å²) in [6, 6.07) is 9.12. The van der Waals surface area contributed by atoms with Crippen LogP contribution in [0, 0.1) is 5.82 Å². The molecule has 0 bridgehead atoms. The molecule has 2 aromatic rings. The lowest BCUT2D eigenvalue weighted by Gasteiger charge is -2.16. The Bertz CT molecular complexity index is 531. The van der Waals surface area contributed by atoms with Gasteiger partial charge < -0.3 is 5.32 Å². The van der Waals surface area contributed by atoms with Crippen molar-refractivity contribution in [2.75, 3.05) is 7.05 Å². The summed E-state index contributed by atoms with van der Waals surface area (Å²) in [5.41, 5.74) is 2.20. The van der Waals surface area contributed by atoms with Crippen molar-refractivity contribution in [3.8, 4) is 0 Å². The summed E-state index contributed by atoms with van der Waals surface area (Å²) in [4.78, 5) is 4.11. The molecule has 1 aromatic carbocycles. The molecule has 1 aromatic heterocycles. The van der Waals surface area contributed by atoms with Gasteiger partial charge in [-0.25, -0.2) is 4.39 Å². The van der Waals surface area contributed by atoms with Crippen LogP contribution in [-0.2, 0) is 12.8 Å². The third kappa shape index (κ3) is 4.01. The summed E-state index contributed by atoms with van der Waals surface area (Å²) in [6.45, 7) is 0. The molecule has 0 amide bonds. The molecule has 2 nitrogen and oxygen atoms in total. The number of likely N-dealkylation sites (N-methyl/N-ethyl adjacent to an activating group) is 1. The monoisotopic (exact) mass is 278 g/mol. The average Bonchev–Trinajstić information content (AvgIpc) is 2.43. The minimum Gasteiger partial charge on any atom is -0.316 e. The SMILES string of the molecule is CNC(Cc1cccnc1)Cc1ccc(F)c(Cl)c1. The molecule has 0 spiro atoms. The number of hydrogen-bond donors (Lipinski definition) is 1.